The molecule has 6 heteroatoms. The van der Waals surface area contributed by atoms with Crippen molar-refractivity contribution >= 4 is 10.9 Å². The molecule has 196 valence electrons. The predicted octanol–water partition coefficient (Wildman–Crippen LogP) is 6.62. The molecule has 1 aliphatic heterocycles. The highest BCUT2D eigenvalue weighted by Gasteiger charge is 2.28. The largest absolute Gasteiger partial charge is 0.507 e. The number of fused-ring (bicyclic) bond motifs is 1. The van der Waals surface area contributed by atoms with E-state index in [4.69, 9.17) is 4.98 Å². The average Bonchev–Trinajstić information content (AvgIpc) is 2.96. The molecule has 1 aromatic heterocycles. The summed E-state index contributed by atoms with van der Waals surface area (Å²) in [4.78, 5) is 21.7. The Bertz CT molecular complexity index is 1490. The molecule has 1 N–H and O–H groups in total. The summed E-state index contributed by atoms with van der Waals surface area (Å²) < 4.78 is 15.3. The Morgan fingerprint density at radius 1 is 0.895 bits per heavy atom. The highest BCUT2D eigenvalue weighted by molar-refractivity contribution is 5.85. The van der Waals surface area contributed by atoms with Crippen molar-refractivity contribution in [3.8, 4) is 28.3 Å². The van der Waals surface area contributed by atoms with Crippen molar-refractivity contribution in [1.82, 2.24) is 14.5 Å². The molecule has 0 bridgehead atoms. The Morgan fingerprint density at radius 2 is 1.66 bits per heavy atom. The fraction of sp³-hybridized carbons (Fsp3) is 0.375. The molecular formula is C32H34FN3O2. The quantitative estimate of drug-likeness (QED) is 0.327. The molecule has 1 saturated carbocycles. The van der Waals surface area contributed by atoms with E-state index in [9.17, 15) is 14.3 Å². The summed E-state index contributed by atoms with van der Waals surface area (Å²) in [6, 6.07) is 19.7. The SMILES string of the molecule is O=c1c2cc(-c3ccc(F)cc3)ccc2nc(-c2ccccc2O)n1CC1CCCN(C2CCCCC2)C1. The van der Waals surface area contributed by atoms with Crippen LogP contribution >= 0.6 is 0 Å². The van der Waals surface area contributed by atoms with Gasteiger partial charge in [0.05, 0.1) is 16.5 Å². The number of hydrogen-bond donors (Lipinski definition) is 1. The Hall–Kier alpha value is -3.51. The summed E-state index contributed by atoms with van der Waals surface area (Å²) in [7, 11) is 0. The van der Waals surface area contributed by atoms with Gasteiger partial charge in [0.1, 0.15) is 17.4 Å². The third kappa shape index (κ3) is 4.97. The maximum absolute atomic E-state index is 14.1. The number of phenols is 1. The zero-order valence-corrected chi connectivity index (χ0v) is 21.7. The molecule has 0 spiro atoms. The number of nitrogens with zero attached hydrogens (tertiary/aromatic N) is 3. The van der Waals surface area contributed by atoms with E-state index in [1.165, 1.54) is 44.2 Å². The van der Waals surface area contributed by atoms with Crippen molar-refractivity contribution in [2.45, 2.75) is 57.5 Å². The van der Waals surface area contributed by atoms with Crippen LogP contribution in [0.3, 0.4) is 0 Å². The van der Waals surface area contributed by atoms with Gasteiger partial charge in [0, 0.05) is 19.1 Å². The highest BCUT2D eigenvalue weighted by Crippen LogP contribution is 2.32. The number of benzene rings is 3. The minimum absolute atomic E-state index is 0.105. The summed E-state index contributed by atoms with van der Waals surface area (Å²) in [5.74, 6) is 0.668. The minimum Gasteiger partial charge on any atom is -0.507 e. The lowest BCUT2D eigenvalue weighted by Crippen LogP contribution is -2.45. The number of halogens is 1. The molecule has 1 atom stereocenters. The first kappa shape index (κ1) is 24.8. The van der Waals surface area contributed by atoms with Gasteiger partial charge in [-0.15, -0.1) is 0 Å². The summed E-state index contributed by atoms with van der Waals surface area (Å²) in [5, 5.41) is 11.2. The molecule has 38 heavy (non-hydrogen) atoms. The van der Waals surface area contributed by atoms with Crippen molar-refractivity contribution in [3.63, 3.8) is 0 Å². The normalized spacial score (nSPS) is 19.1. The van der Waals surface area contributed by atoms with Crippen LogP contribution in [0.25, 0.3) is 33.4 Å². The molecule has 0 radical (unpaired) electrons. The molecule has 2 heterocycles. The lowest BCUT2D eigenvalue weighted by atomic mass is 9.90. The maximum atomic E-state index is 14.1. The van der Waals surface area contributed by atoms with Crippen LogP contribution in [0.15, 0.2) is 71.5 Å². The number of piperidine rings is 1. The fourth-order valence-electron chi connectivity index (χ4n) is 6.36. The van der Waals surface area contributed by atoms with Crippen LogP contribution < -0.4 is 5.56 Å². The van der Waals surface area contributed by atoms with Gasteiger partial charge < -0.3 is 10.0 Å². The standard InChI is InChI=1S/C32H34FN3O2/c33-25-15-12-23(13-16-25)24-14-17-29-28(19-24)32(38)36(31(34-29)27-10-4-5-11-30(27)37)21-22-7-6-18-35(20-22)26-8-2-1-3-9-26/h4-5,10-17,19,22,26,37H,1-3,6-9,18,20-21H2. The Kier molecular flexibility index (Phi) is 6.98. The second kappa shape index (κ2) is 10.7. The van der Waals surface area contributed by atoms with Crippen LogP contribution in [-0.2, 0) is 6.54 Å². The van der Waals surface area contributed by atoms with Gasteiger partial charge in [-0.25, -0.2) is 9.37 Å². The molecular weight excluding hydrogens is 477 g/mol. The molecule has 2 aliphatic rings. The van der Waals surface area contributed by atoms with Gasteiger partial charge in [0.15, 0.2) is 0 Å². The van der Waals surface area contributed by atoms with Crippen LogP contribution in [0, 0.1) is 11.7 Å². The molecule has 2 fully saturated rings. The van der Waals surface area contributed by atoms with E-state index in [-0.39, 0.29) is 17.1 Å². The van der Waals surface area contributed by atoms with E-state index < -0.39 is 0 Å². The van der Waals surface area contributed by atoms with Gasteiger partial charge in [-0.2, -0.15) is 0 Å². The van der Waals surface area contributed by atoms with E-state index >= 15 is 0 Å². The molecule has 0 amide bonds. The average molecular weight is 512 g/mol. The van der Waals surface area contributed by atoms with Crippen LogP contribution in [0.1, 0.15) is 44.9 Å². The zero-order chi connectivity index (χ0) is 26.1. The predicted molar refractivity (Wildman–Crippen MR) is 150 cm³/mol. The first-order chi connectivity index (χ1) is 18.6. The number of hydrogen-bond acceptors (Lipinski definition) is 4. The monoisotopic (exact) mass is 511 g/mol. The van der Waals surface area contributed by atoms with Gasteiger partial charge in [-0.1, -0.05) is 49.6 Å². The number of rotatable bonds is 5. The summed E-state index contributed by atoms with van der Waals surface area (Å²) >= 11 is 0. The second-order valence-electron chi connectivity index (χ2n) is 10.9. The first-order valence-corrected chi connectivity index (χ1v) is 13.9. The number of phenolic OH excluding ortho intramolecular Hbond substituents is 1. The van der Waals surface area contributed by atoms with Crippen molar-refractivity contribution in [2.75, 3.05) is 13.1 Å². The number of para-hydroxylation sites is 1. The Morgan fingerprint density at radius 3 is 2.45 bits per heavy atom. The van der Waals surface area contributed by atoms with Crippen molar-refractivity contribution < 1.29 is 9.50 Å². The van der Waals surface area contributed by atoms with E-state index in [0.29, 0.717) is 40.8 Å². The van der Waals surface area contributed by atoms with Gasteiger partial charge in [0.25, 0.3) is 5.56 Å². The highest BCUT2D eigenvalue weighted by atomic mass is 19.1. The third-order valence-electron chi connectivity index (χ3n) is 8.36. The number of aromatic hydroxyl groups is 1. The van der Waals surface area contributed by atoms with Crippen LogP contribution in [0.4, 0.5) is 4.39 Å². The molecule has 1 saturated heterocycles. The van der Waals surface area contributed by atoms with Gasteiger partial charge in [-0.05, 0) is 85.7 Å². The minimum atomic E-state index is -0.291. The number of aromatic nitrogens is 2. The van der Waals surface area contributed by atoms with Gasteiger partial charge >= 0.3 is 0 Å². The Balaban J connectivity index is 1.41. The fourth-order valence-corrected chi connectivity index (χ4v) is 6.36. The summed E-state index contributed by atoms with van der Waals surface area (Å²) in [6.45, 7) is 2.69. The molecule has 4 aromatic rings. The van der Waals surface area contributed by atoms with E-state index in [1.807, 2.05) is 30.3 Å². The zero-order valence-electron chi connectivity index (χ0n) is 21.7. The topological polar surface area (TPSA) is 58.4 Å². The lowest BCUT2D eigenvalue weighted by Gasteiger charge is -2.40. The first-order valence-electron chi connectivity index (χ1n) is 13.9. The molecule has 1 aliphatic carbocycles. The molecule has 6 rings (SSSR count). The van der Waals surface area contributed by atoms with E-state index in [1.54, 1.807) is 28.8 Å². The molecule has 3 aromatic carbocycles. The third-order valence-corrected chi connectivity index (χ3v) is 8.36. The van der Waals surface area contributed by atoms with Gasteiger partial charge in [0.2, 0.25) is 0 Å². The smallest absolute Gasteiger partial charge is 0.261 e. The van der Waals surface area contributed by atoms with Gasteiger partial charge in [-0.3, -0.25) is 9.36 Å². The van der Waals surface area contributed by atoms with E-state index in [2.05, 4.69) is 4.90 Å². The summed E-state index contributed by atoms with van der Waals surface area (Å²) in [6.07, 6.45) is 8.73. The van der Waals surface area contributed by atoms with Crippen LogP contribution in [-0.4, -0.2) is 38.7 Å². The Labute approximate surface area is 222 Å². The van der Waals surface area contributed by atoms with Crippen molar-refractivity contribution in [1.29, 1.82) is 0 Å². The van der Waals surface area contributed by atoms with E-state index in [0.717, 1.165) is 37.1 Å². The van der Waals surface area contributed by atoms with Crippen LogP contribution in [0.5, 0.6) is 5.75 Å². The number of likely N-dealkylation sites (tertiary alicyclic amines) is 1. The maximum Gasteiger partial charge on any atom is 0.261 e. The molecule has 1 unspecified atom stereocenters. The second-order valence-corrected chi connectivity index (χ2v) is 10.9. The van der Waals surface area contributed by atoms with Crippen molar-refractivity contribution in [2.24, 2.45) is 5.92 Å². The van der Waals surface area contributed by atoms with Crippen molar-refractivity contribution in [3.05, 3.63) is 82.9 Å². The lowest BCUT2D eigenvalue weighted by molar-refractivity contribution is 0.0921. The summed E-state index contributed by atoms with van der Waals surface area (Å²) in [5.41, 5.74) is 2.74. The molecule has 5 nitrogen and oxygen atoms in total. The van der Waals surface area contributed by atoms with Crippen LogP contribution in [0.2, 0.25) is 0 Å².